The normalized spacial score (nSPS) is 10.4. The second kappa shape index (κ2) is 6.78. The molecule has 0 aliphatic heterocycles. The van der Waals surface area contributed by atoms with Gasteiger partial charge in [0.25, 0.3) is 0 Å². The Bertz CT molecular complexity index is 517. The largest absolute Gasteiger partial charge is 0.461 e. The van der Waals surface area contributed by atoms with Crippen molar-refractivity contribution in [3.63, 3.8) is 0 Å². The molecular formula is C16H19NO2. The van der Waals surface area contributed by atoms with Crippen molar-refractivity contribution in [2.24, 2.45) is 0 Å². The molecule has 0 radical (unpaired) electrons. The Morgan fingerprint density at radius 1 is 1.16 bits per heavy atom. The van der Waals surface area contributed by atoms with Crippen LogP contribution in [0.5, 0.6) is 0 Å². The summed E-state index contributed by atoms with van der Waals surface area (Å²) >= 11 is 0. The molecule has 1 N–H and O–H groups in total. The number of hydrogen-bond donors (Lipinski definition) is 1. The Labute approximate surface area is 113 Å². The molecule has 0 aliphatic carbocycles. The maximum absolute atomic E-state index is 11.5. The van der Waals surface area contributed by atoms with E-state index in [1.807, 2.05) is 49.4 Å². The number of amides is 1. The monoisotopic (exact) mass is 257 g/mol. The Balaban J connectivity index is 1.90. The molecular weight excluding hydrogens is 238 g/mol. The van der Waals surface area contributed by atoms with Crippen LogP contribution in [-0.4, -0.2) is 12.5 Å². The number of carbonyl (C=O) groups is 1. The summed E-state index contributed by atoms with van der Waals surface area (Å²) < 4.78 is 5.74. The molecule has 1 aromatic heterocycles. The highest BCUT2D eigenvalue weighted by molar-refractivity contribution is 5.76. The Morgan fingerprint density at radius 3 is 2.68 bits per heavy atom. The maximum atomic E-state index is 11.5. The lowest BCUT2D eigenvalue weighted by atomic mass is 10.2. The average molecular weight is 257 g/mol. The van der Waals surface area contributed by atoms with Crippen LogP contribution in [-0.2, 0) is 11.2 Å². The van der Waals surface area contributed by atoms with Crippen molar-refractivity contribution < 1.29 is 9.21 Å². The molecule has 0 unspecified atom stereocenters. The zero-order valence-corrected chi connectivity index (χ0v) is 11.2. The summed E-state index contributed by atoms with van der Waals surface area (Å²) in [5.74, 6) is 1.79. The van der Waals surface area contributed by atoms with E-state index in [2.05, 4.69) is 5.32 Å². The van der Waals surface area contributed by atoms with Crippen LogP contribution in [0.15, 0.2) is 46.9 Å². The predicted molar refractivity (Wildman–Crippen MR) is 75.8 cm³/mol. The molecule has 2 rings (SSSR count). The van der Waals surface area contributed by atoms with Gasteiger partial charge >= 0.3 is 0 Å². The van der Waals surface area contributed by atoms with Crippen molar-refractivity contribution in [1.29, 1.82) is 0 Å². The van der Waals surface area contributed by atoms with Crippen molar-refractivity contribution in [1.82, 2.24) is 5.32 Å². The second-order valence-corrected chi connectivity index (χ2v) is 4.48. The van der Waals surface area contributed by atoms with Gasteiger partial charge in [-0.1, -0.05) is 37.3 Å². The maximum Gasteiger partial charge on any atom is 0.220 e. The Morgan fingerprint density at radius 2 is 1.95 bits per heavy atom. The highest BCUT2D eigenvalue weighted by Gasteiger charge is 2.06. The van der Waals surface area contributed by atoms with E-state index in [4.69, 9.17) is 4.42 Å². The van der Waals surface area contributed by atoms with Crippen LogP contribution in [0.4, 0.5) is 0 Å². The summed E-state index contributed by atoms with van der Waals surface area (Å²) in [6.07, 6.45) is 2.08. The molecule has 3 nitrogen and oxygen atoms in total. The first-order valence-electron chi connectivity index (χ1n) is 6.70. The number of hydrogen-bond acceptors (Lipinski definition) is 2. The van der Waals surface area contributed by atoms with E-state index in [0.29, 0.717) is 12.8 Å². The number of rotatable bonds is 6. The molecule has 0 saturated carbocycles. The van der Waals surface area contributed by atoms with Crippen LogP contribution in [0.2, 0.25) is 0 Å². The van der Waals surface area contributed by atoms with Crippen molar-refractivity contribution in [3.8, 4) is 11.3 Å². The van der Waals surface area contributed by atoms with Gasteiger partial charge in [-0.25, -0.2) is 0 Å². The van der Waals surface area contributed by atoms with Crippen LogP contribution >= 0.6 is 0 Å². The second-order valence-electron chi connectivity index (χ2n) is 4.48. The van der Waals surface area contributed by atoms with Gasteiger partial charge in [-0.05, 0) is 18.6 Å². The van der Waals surface area contributed by atoms with Gasteiger partial charge < -0.3 is 9.73 Å². The van der Waals surface area contributed by atoms with Gasteiger partial charge in [0.05, 0.1) is 0 Å². The first-order valence-corrected chi connectivity index (χ1v) is 6.70. The number of furan rings is 1. The van der Waals surface area contributed by atoms with Gasteiger partial charge in [0, 0.05) is 24.9 Å². The summed E-state index contributed by atoms with van der Waals surface area (Å²) in [5.41, 5.74) is 1.06. The standard InChI is InChI=1S/C16H19NO2/c1-2-12-17-16(18)11-9-14-8-10-15(19-14)13-6-4-3-5-7-13/h3-8,10H,2,9,11-12H2,1H3,(H,17,18). The van der Waals surface area contributed by atoms with Crippen LogP contribution < -0.4 is 5.32 Å². The topological polar surface area (TPSA) is 42.2 Å². The lowest BCUT2D eigenvalue weighted by Crippen LogP contribution is -2.24. The summed E-state index contributed by atoms with van der Waals surface area (Å²) in [5, 5.41) is 2.86. The summed E-state index contributed by atoms with van der Waals surface area (Å²) in [4.78, 5) is 11.5. The molecule has 1 amide bonds. The fraction of sp³-hybridized carbons (Fsp3) is 0.312. The highest BCUT2D eigenvalue weighted by Crippen LogP contribution is 2.22. The zero-order chi connectivity index (χ0) is 13.5. The average Bonchev–Trinajstić information content (AvgIpc) is 2.93. The van der Waals surface area contributed by atoms with E-state index in [1.165, 1.54) is 0 Å². The first kappa shape index (κ1) is 13.4. The van der Waals surface area contributed by atoms with E-state index in [0.717, 1.165) is 30.0 Å². The van der Waals surface area contributed by atoms with Crippen LogP contribution in [0.1, 0.15) is 25.5 Å². The molecule has 3 heteroatoms. The van der Waals surface area contributed by atoms with Crippen LogP contribution in [0.25, 0.3) is 11.3 Å². The van der Waals surface area contributed by atoms with Crippen LogP contribution in [0.3, 0.4) is 0 Å². The summed E-state index contributed by atoms with van der Waals surface area (Å²) in [7, 11) is 0. The van der Waals surface area contributed by atoms with E-state index >= 15 is 0 Å². The SMILES string of the molecule is CCCNC(=O)CCc1ccc(-c2ccccc2)o1. The third kappa shape index (κ3) is 3.98. The minimum absolute atomic E-state index is 0.0829. The van der Waals surface area contributed by atoms with E-state index in [9.17, 15) is 4.79 Å². The molecule has 0 spiro atoms. The smallest absolute Gasteiger partial charge is 0.220 e. The molecule has 0 atom stereocenters. The number of nitrogens with one attached hydrogen (secondary N) is 1. The van der Waals surface area contributed by atoms with Gasteiger partial charge in [-0.3, -0.25) is 4.79 Å². The van der Waals surface area contributed by atoms with Crippen LogP contribution in [0, 0.1) is 0 Å². The molecule has 0 saturated heterocycles. The van der Waals surface area contributed by atoms with Crippen molar-refractivity contribution in [2.45, 2.75) is 26.2 Å². The Kier molecular flexibility index (Phi) is 4.78. The molecule has 19 heavy (non-hydrogen) atoms. The molecule has 0 fully saturated rings. The van der Waals surface area contributed by atoms with Gasteiger partial charge in [0.15, 0.2) is 0 Å². The lowest BCUT2D eigenvalue weighted by Gasteiger charge is -2.01. The quantitative estimate of drug-likeness (QED) is 0.861. The summed E-state index contributed by atoms with van der Waals surface area (Å²) in [6.45, 7) is 2.78. The van der Waals surface area contributed by atoms with Gasteiger partial charge in [-0.15, -0.1) is 0 Å². The van der Waals surface area contributed by atoms with E-state index in [1.54, 1.807) is 0 Å². The molecule has 0 bridgehead atoms. The highest BCUT2D eigenvalue weighted by atomic mass is 16.3. The lowest BCUT2D eigenvalue weighted by molar-refractivity contribution is -0.121. The van der Waals surface area contributed by atoms with Gasteiger partial charge in [0.1, 0.15) is 11.5 Å². The fourth-order valence-electron chi connectivity index (χ4n) is 1.86. The summed E-state index contributed by atoms with van der Waals surface area (Å²) in [6, 6.07) is 13.9. The van der Waals surface area contributed by atoms with Crippen molar-refractivity contribution in [2.75, 3.05) is 6.54 Å². The molecule has 2 aromatic rings. The molecule has 100 valence electrons. The zero-order valence-electron chi connectivity index (χ0n) is 11.2. The van der Waals surface area contributed by atoms with E-state index in [-0.39, 0.29) is 5.91 Å². The fourth-order valence-corrected chi connectivity index (χ4v) is 1.86. The molecule has 1 aromatic carbocycles. The third-order valence-electron chi connectivity index (χ3n) is 2.89. The molecule has 0 aliphatic rings. The number of carbonyl (C=O) groups excluding carboxylic acids is 1. The van der Waals surface area contributed by atoms with Crippen molar-refractivity contribution in [3.05, 3.63) is 48.2 Å². The Hall–Kier alpha value is -2.03. The minimum Gasteiger partial charge on any atom is -0.461 e. The third-order valence-corrected chi connectivity index (χ3v) is 2.89. The predicted octanol–water partition coefficient (Wildman–Crippen LogP) is 3.41. The minimum atomic E-state index is 0.0829. The first-order chi connectivity index (χ1) is 9.29. The van der Waals surface area contributed by atoms with Gasteiger partial charge in [-0.2, -0.15) is 0 Å². The van der Waals surface area contributed by atoms with E-state index < -0.39 is 0 Å². The number of aryl methyl sites for hydroxylation is 1. The molecule has 1 heterocycles. The van der Waals surface area contributed by atoms with Gasteiger partial charge in [0.2, 0.25) is 5.91 Å². The van der Waals surface area contributed by atoms with Crippen molar-refractivity contribution >= 4 is 5.91 Å². The number of benzene rings is 1.